The first-order valence-electron chi connectivity index (χ1n) is 9.78. The molecule has 2 bridgehead atoms. The highest BCUT2D eigenvalue weighted by molar-refractivity contribution is 5.62. The topological polar surface area (TPSA) is 79.0 Å². The number of phenols is 1. The molecule has 25 heavy (non-hydrogen) atoms. The first-order chi connectivity index (χ1) is 12.0. The molecular formula is C20H26N2O3. The highest BCUT2D eigenvalue weighted by Crippen LogP contribution is 2.65. The lowest BCUT2D eigenvalue weighted by molar-refractivity contribution is -0.189. The Morgan fingerprint density at radius 3 is 2.88 bits per heavy atom. The van der Waals surface area contributed by atoms with Crippen LogP contribution in [0.4, 0.5) is 0 Å². The van der Waals surface area contributed by atoms with Crippen molar-refractivity contribution < 1.29 is 14.9 Å². The Morgan fingerprint density at radius 1 is 1.24 bits per heavy atom. The second kappa shape index (κ2) is 4.51. The monoisotopic (exact) mass is 342 g/mol. The van der Waals surface area contributed by atoms with E-state index in [4.69, 9.17) is 10.5 Å². The van der Waals surface area contributed by atoms with Gasteiger partial charge in [-0.15, -0.1) is 0 Å². The lowest BCUT2D eigenvalue weighted by atomic mass is 9.48. The Balaban J connectivity index is 1.57. The number of aromatic hydroxyl groups is 1. The maximum atomic E-state index is 12.1. The van der Waals surface area contributed by atoms with E-state index in [0.29, 0.717) is 5.75 Å². The first-order valence-corrected chi connectivity index (χ1v) is 9.78. The van der Waals surface area contributed by atoms with Crippen molar-refractivity contribution in [3.05, 3.63) is 23.3 Å². The number of hydrogen-bond acceptors (Lipinski definition) is 5. The SMILES string of the molecule is NC1CC[C@@]2(O)[C@H]3Cc4ccc(O)c5c4[C@@]2(CCN3CC2CC2)[C@H]1O5. The van der Waals surface area contributed by atoms with E-state index in [1.54, 1.807) is 6.07 Å². The number of likely N-dealkylation sites (tertiary alicyclic amines) is 1. The standard InChI is InChI=1S/C20H26N2O3/c21-13-5-6-20(24)15-9-12-3-4-14(23)17-16(12)19(20,18(13)25-17)7-8-22(15)10-11-1-2-11/h3-4,11,13,15,18,23-24H,1-2,5-10,21H2/t13?,15-,18+,19+,20-/m1/s1. The van der Waals surface area contributed by atoms with Gasteiger partial charge in [-0.2, -0.15) is 0 Å². The molecule has 0 amide bonds. The summed E-state index contributed by atoms with van der Waals surface area (Å²) < 4.78 is 6.26. The molecule has 1 unspecified atom stereocenters. The van der Waals surface area contributed by atoms with E-state index in [9.17, 15) is 10.2 Å². The van der Waals surface area contributed by atoms with Crippen LogP contribution in [0.1, 0.15) is 43.2 Å². The van der Waals surface area contributed by atoms with E-state index in [0.717, 1.165) is 50.3 Å². The average Bonchev–Trinajstić information content (AvgIpc) is 3.32. The average molecular weight is 342 g/mol. The number of piperidine rings is 1. The van der Waals surface area contributed by atoms with Crippen molar-refractivity contribution in [2.45, 2.75) is 67.7 Å². The van der Waals surface area contributed by atoms with Crippen molar-refractivity contribution in [2.24, 2.45) is 11.7 Å². The van der Waals surface area contributed by atoms with E-state index in [1.807, 2.05) is 6.07 Å². The van der Waals surface area contributed by atoms with Gasteiger partial charge in [0.25, 0.3) is 0 Å². The van der Waals surface area contributed by atoms with Gasteiger partial charge in [-0.25, -0.2) is 0 Å². The van der Waals surface area contributed by atoms with Gasteiger partial charge in [0, 0.05) is 24.2 Å². The number of aliphatic hydroxyl groups is 1. The highest BCUT2D eigenvalue weighted by Gasteiger charge is 2.72. The van der Waals surface area contributed by atoms with Gasteiger partial charge >= 0.3 is 0 Å². The van der Waals surface area contributed by atoms with Crippen molar-refractivity contribution in [3.8, 4) is 11.5 Å². The third-order valence-corrected chi connectivity index (χ3v) is 7.81. The second-order valence-corrected chi connectivity index (χ2v) is 8.99. The molecule has 3 fully saturated rings. The fourth-order valence-electron chi connectivity index (χ4n) is 6.52. The molecule has 6 rings (SSSR count). The molecule has 1 saturated heterocycles. The summed E-state index contributed by atoms with van der Waals surface area (Å²) in [5, 5.41) is 22.5. The Hall–Kier alpha value is -1.30. The maximum absolute atomic E-state index is 12.1. The molecule has 0 aromatic heterocycles. The largest absolute Gasteiger partial charge is 0.504 e. The van der Waals surface area contributed by atoms with Crippen LogP contribution in [0.3, 0.4) is 0 Å². The molecule has 2 saturated carbocycles. The van der Waals surface area contributed by atoms with Crippen LogP contribution < -0.4 is 10.5 Å². The van der Waals surface area contributed by atoms with E-state index in [2.05, 4.69) is 4.90 Å². The second-order valence-electron chi connectivity index (χ2n) is 8.99. The maximum Gasteiger partial charge on any atom is 0.165 e. The van der Waals surface area contributed by atoms with Crippen molar-refractivity contribution in [3.63, 3.8) is 0 Å². The number of ether oxygens (including phenoxy) is 1. The minimum absolute atomic E-state index is 0.0892. The zero-order chi connectivity index (χ0) is 17.0. The molecule has 2 aliphatic heterocycles. The summed E-state index contributed by atoms with van der Waals surface area (Å²) in [7, 11) is 0. The predicted molar refractivity (Wildman–Crippen MR) is 92.8 cm³/mol. The highest BCUT2D eigenvalue weighted by atomic mass is 16.5. The summed E-state index contributed by atoms with van der Waals surface area (Å²) in [6.07, 6.45) is 5.66. The smallest absolute Gasteiger partial charge is 0.165 e. The molecular weight excluding hydrogens is 316 g/mol. The van der Waals surface area contributed by atoms with Gasteiger partial charge in [0.05, 0.1) is 11.0 Å². The molecule has 5 aliphatic rings. The van der Waals surface area contributed by atoms with Gasteiger partial charge in [-0.3, -0.25) is 4.90 Å². The lowest BCUT2D eigenvalue weighted by Crippen LogP contribution is -2.77. The number of phenolic OH excluding ortho intramolecular Hbond substituents is 1. The Labute approximate surface area is 147 Å². The fraction of sp³-hybridized carbons (Fsp3) is 0.700. The molecule has 5 heteroatoms. The summed E-state index contributed by atoms with van der Waals surface area (Å²) in [4.78, 5) is 2.55. The third-order valence-electron chi connectivity index (χ3n) is 7.81. The van der Waals surface area contributed by atoms with Gasteiger partial charge in [0.15, 0.2) is 11.5 Å². The summed E-state index contributed by atoms with van der Waals surface area (Å²) in [5.41, 5.74) is 7.53. The quantitative estimate of drug-likeness (QED) is 0.755. The van der Waals surface area contributed by atoms with Gasteiger partial charge in [-0.05, 0) is 62.6 Å². The Morgan fingerprint density at radius 2 is 2.08 bits per heavy atom. The normalized spacial score (nSPS) is 44.3. The van der Waals surface area contributed by atoms with Crippen LogP contribution in [0, 0.1) is 5.92 Å². The fourth-order valence-corrected chi connectivity index (χ4v) is 6.52. The molecule has 1 aromatic rings. The zero-order valence-electron chi connectivity index (χ0n) is 14.4. The van der Waals surface area contributed by atoms with Crippen LogP contribution in [0.25, 0.3) is 0 Å². The minimum atomic E-state index is -0.799. The zero-order valence-corrected chi connectivity index (χ0v) is 14.4. The first kappa shape index (κ1) is 14.8. The number of rotatable bonds is 2. The van der Waals surface area contributed by atoms with Crippen molar-refractivity contribution in [2.75, 3.05) is 13.1 Å². The molecule has 5 atom stereocenters. The number of hydrogen-bond donors (Lipinski definition) is 3. The molecule has 2 heterocycles. The number of nitrogens with zero attached hydrogens (tertiary/aromatic N) is 1. The molecule has 134 valence electrons. The molecule has 0 radical (unpaired) electrons. The number of benzene rings is 1. The van der Waals surface area contributed by atoms with Gasteiger partial charge in [0.1, 0.15) is 6.10 Å². The van der Waals surface area contributed by atoms with Crippen LogP contribution >= 0.6 is 0 Å². The van der Waals surface area contributed by atoms with Crippen LogP contribution in [-0.2, 0) is 11.8 Å². The lowest BCUT2D eigenvalue weighted by Gasteiger charge is -2.64. The van der Waals surface area contributed by atoms with E-state index < -0.39 is 11.0 Å². The molecule has 4 N–H and O–H groups in total. The van der Waals surface area contributed by atoms with Crippen LogP contribution in [0.15, 0.2) is 12.1 Å². The summed E-state index contributed by atoms with van der Waals surface area (Å²) in [5.74, 6) is 1.60. The van der Waals surface area contributed by atoms with Crippen LogP contribution in [0.2, 0.25) is 0 Å². The molecule has 1 aromatic carbocycles. The van der Waals surface area contributed by atoms with Crippen LogP contribution in [-0.4, -0.2) is 52.0 Å². The van der Waals surface area contributed by atoms with Gasteiger partial charge < -0.3 is 20.7 Å². The Kier molecular flexibility index (Phi) is 2.67. The van der Waals surface area contributed by atoms with E-state index >= 15 is 0 Å². The van der Waals surface area contributed by atoms with E-state index in [-0.39, 0.29) is 23.9 Å². The van der Waals surface area contributed by atoms with Gasteiger partial charge in [0.2, 0.25) is 0 Å². The third kappa shape index (κ3) is 1.61. The van der Waals surface area contributed by atoms with Crippen molar-refractivity contribution >= 4 is 0 Å². The van der Waals surface area contributed by atoms with Crippen molar-refractivity contribution in [1.82, 2.24) is 4.90 Å². The predicted octanol–water partition coefficient (Wildman–Crippen LogP) is 1.28. The van der Waals surface area contributed by atoms with Crippen molar-refractivity contribution in [1.29, 1.82) is 0 Å². The summed E-state index contributed by atoms with van der Waals surface area (Å²) in [6.45, 7) is 2.10. The molecule has 1 spiro atoms. The summed E-state index contributed by atoms with van der Waals surface area (Å²) >= 11 is 0. The van der Waals surface area contributed by atoms with Crippen LogP contribution in [0.5, 0.6) is 11.5 Å². The van der Waals surface area contributed by atoms with Gasteiger partial charge in [-0.1, -0.05) is 6.07 Å². The Bertz CT molecular complexity index is 764. The molecule has 3 aliphatic carbocycles. The molecule has 5 nitrogen and oxygen atoms in total. The number of nitrogens with two attached hydrogens (primary N) is 1. The van der Waals surface area contributed by atoms with E-state index in [1.165, 1.54) is 18.4 Å². The minimum Gasteiger partial charge on any atom is -0.504 e. The summed E-state index contributed by atoms with van der Waals surface area (Å²) in [6, 6.07) is 3.84.